The lowest BCUT2D eigenvalue weighted by Gasteiger charge is -2.34. The van der Waals surface area contributed by atoms with E-state index in [9.17, 15) is 0 Å². The minimum Gasteiger partial charge on any atom is -0.228 e. The second-order valence-corrected chi connectivity index (χ2v) is 17.2. The van der Waals surface area contributed by atoms with Crippen molar-refractivity contribution in [3.63, 3.8) is 0 Å². The normalized spacial score (nSPS) is 12.6. The maximum atomic E-state index is 5.25. The van der Waals surface area contributed by atoms with Gasteiger partial charge < -0.3 is 0 Å². The predicted octanol–water partition coefficient (Wildman–Crippen LogP) is 15.5. The first-order valence-corrected chi connectivity index (χ1v) is 22.0. The Bertz CT molecular complexity index is 3420. The number of hydrogen-bond acceptors (Lipinski definition) is 3. The second kappa shape index (κ2) is 14.8. The molecule has 11 aromatic rings. The van der Waals surface area contributed by atoms with Crippen LogP contribution in [0.1, 0.15) is 22.3 Å². The fraction of sp³-hybridized carbons (Fsp3) is 0.0169. The van der Waals surface area contributed by atoms with Crippen molar-refractivity contribution in [1.29, 1.82) is 0 Å². The van der Waals surface area contributed by atoms with E-state index in [2.05, 4.69) is 212 Å². The molecule has 2 nitrogen and oxygen atoms in total. The van der Waals surface area contributed by atoms with Gasteiger partial charge in [-0.3, -0.25) is 0 Å². The Morgan fingerprint density at radius 1 is 0.306 bits per heavy atom. The standard InChI is InChI=1S/C59H38N2S/c1-4-16-39(17-5-1)58-60-54(44-20-14-18-40(34-44)42-31-33-57-51(36-42)50-27-11-13-29-56(50)62-57)38-55(61-58)45-21-15-19-41(35-45)43-30-32-49-48-26-10-12-28-52(48)59(53(49)37-43,46-22-6-2-7-23-46)47-24-8-3-9-25-47/h1-38H. The molecule has 0 saturated heterocycles. The summed E-state index contributed by atoms with van der Waals surface area (Å²) in [5, 5.41) is 2.60. The molecule has 0 spiro atoms. The van der Waals surface area contributed by atoms with Crippen LogP contribution in [0.4, 0.5) is 0 Å². The van der Waals surface area contributed by atoms with E-state index in [1.165, 1.54) is 59.1 Å². The first-order valence-electron chi connectivity index (χ1n) is 21.1. The van der Waals surface area contributed by atoms with Gasteiger partial charge in [0.2, 0.25) is 0 Å². The summed E-state index contributed by atoms with van der Waals surface area (Å²) in [7, 11) is 0. The van der Waals surface area contributed by atoms with Crippen LogP contribution in [0.15, 0.2) is 231 Å². The Hall–Kier alpha value is -7.72. The third kappa shape index (κ3) is 5.93. The van der Waals surface area contributed by atoms with Gasteiger partial charge in [0.15, 0.2) is 5.82 Å². The molecule has 3 heteroatoms. The van der Waals surface area contributed by atoms with Crippen LogP contribution in [0.2, 0.25) is 0 Å². The summed E-state index contributed by atoms with van der Waals surface area (Å²) in [6, 6.07) is 83.5. The summed E-state index contributed by atoms with van der Waals surface area (Å²) in [6.07, 6.45) is 0. The molecule has 1 aliphatic carbocycles. The quantitative estimate of drug-likeness (QED) is 0.160. The largest absolute Gasteiger partial charge is 0.228 e. The SMILES string of the molecule is c1ccc(-c2nc(-c3cccc(-c4ccc5c(c4)C(c4ccccc4)(c4ccccc4)c4ccccc4-5)c3)cc(-c3cccc(-c4ccc5sc6ccccc6c5c4)c3)n2)cc1. The van der Waals surface area contributed by atoms with Gasteiger partial charge in [-0.25, -0.2) is 9.97 Å². The van der Waals surface area contributed by atoms with Gasteiger partial charge in [-0.1, -0.05) is 188 Å². The van der Waals surface area contributed by atoms with E-state index in [0.29, 0.717) is 5.82 Å². The zero-order chi connectivity index (χ0) is 41.0. The van der Waals surface area contributed by atoms with Gasteiger partial charge in [0.25, 0.3) is 0 Å². The van der Waals surface area contributed by atoms with E-state index in [1.807, 2.05) is 29.5 Å². The minimum atomic E-state index is -0.466. The Labute approximate surface area is 365 Å². The molecular formula is C59H38N2S. The van der Waals surface area contributed by atoms with Crippen LogP contribution in [0, 0.1) is 0 Å². The van der Waals surface area contributed by atoms with Crippen molar-refractivity contribution in [2.45, 2.75) is 5.41 Å². The van der Waals surface area contributed by atoms with Crippen LogP contribution in [0.3, 0.4) is 0 Å². The maximum absolute atomic E-state index is 5.25. The Kier molecular flexibility index (Phi) is 8.62. The molecule has 0 N–H and O–H groups in total. The number of thiophene rings is 1. The molecular weight excluding hydrogens is 769 g/mol. The molecule has 0 aliphatic heterocycles. The van der Waals surface area contributed by atoms with Crippen LogP contribution in [-0.4, -0.2) is 9.97 Å². The molecule has 290 valence electrons. The minimum absolute atomic E-state index is 0.466. The number of rotatable bonds is 7. The molecule has 0 amide bonds. The average Bonchev–Trinajstić information content (AvgIpc) is 3.88. The van der Waals surface area contributed by atoms with Crippen LogP contribution >= 0.6 is 11.3 Å². The summed E-state index contributed by atoms with van der Waals surface area (Å²) in [5.41, 5.74) is 16.7. The van der Waals surface area contributed by atoms with Crippen molar-refractivity contribution >= 4 is 31.5 Å². The van der Waals surface area contributed by atoms with Crippen LogP contribution < -0.4 is 0 Å². The molecule has 0 radical (unpaired) electrons. The van der Waals surface area contributed by atoms with Crippen LogP contribution in [-0.2, 0) is 5.41 Å². The lowest BCUT2D eigenvalue weighted by molar-refractivity contribution is 0.769. The van der Waals surface area contributed by atoms with Crippen molar-refractivity contribution in [2.24, 2.45) is 0 Å². The smallest absolute Gasteiger partial charge is 0.160 e. The van der Waals surface area contributed by atoms with E-state index >= 15 is 0 Å². The van der Waals surface area contributed by atoms with Crippen molar-refractivity contribution in [1.82, 2.24) is 9.97 Å². The van der Waals surface area contributed by atoms with Gasteiger partial charge in [0.05, 0.1) is 16.8 Å². The Morgan fingerprint density at radius 2 is 0.806 bits per heavy atom. The van der Waals surface area contributed by atoms with Crippen molar-refractivity contribution in [3.05, 3.63) is 253 Å². The highest BCUT2D eigenvalue weighted by Crippen LogP contribution is 2.56. The van der Waals surface area contributed by atoms with E-state index in [0.717, 1.165) is 44.8 Å². The van der Waals surface area contributed by atoms with Gasteiger partial charge in [-0.05, 0) is 98.1 Å². The molecule has 0 bridgehead atoms. The van der Waals surface area contributed by atoms with E-state index in [4.69, 9.17) is 9.97 Å². The third-order valence-corrected chi connectivity index (χ3v) is 13.7. The van der Waals surface area contributed by atoms with Crippen molar-refractivity contribution in [3.8, 4) is 67.3 Å². The highest BCUT2D eigenvalue weighted by molar-refractivity contribution is 7.25. The Morgan fingerprint density at radius 3 is 1.50 bits per heavy atom. The van der Waals surface area contributed by atoms with E-state index in [-0.39, 0.29) is 0 Å². The molecule has 2 heterocycles. The summed E-state index contributed by atoms with van der Waals surface area (Å²) < 4.78 is 2.62. The lowest BCUT2D eigenvalue weighted by Crippen LogP contribution is -2.28. The summed E-state index contributed by atoms with van der Waals surface area (Å²) >= 11 is 1.85. The first kappa shape index (κ1) is 36.2. The van der Waals surface area contributed by atoms with Gasteiger partial charge in [-0.2, -0.15) is 0 Å². The summed E-state index contributed by atoms with van der Waals surface area (Å²) in [6.45, 7) is 0. The highest BCUT2D eigenvalue weighted by atomic mass is 32.1. The molecule has 2 aromatic heterocycles. The third-order valence-electron chi connectivity index (χ3n) is 12.6. The summed E-state index contributed by atoms with van der Waals surface area (Å²) in [4.78, 5) is 10.5. The fourth-order valence-corrected chi connectivity index (χ4v) is 10.8. The van der Waals surface area contributed by atoms with Crippen molar-refractivity contribution in [2.75, 3.05) is 0 Å². The van der Waals surface area contributed by atoms with Gasteiger partial charge in [0, 0.05) is 36.9 Å². The van der Waals surface area contributed by atoms with Crippen LogP contribution in [0.25, 0.3) is 87.5 Å². The lowest BCUT2D eigenvalue weighted by atomic mass is 9.67. The first-order chi connectivity index (χ1) is 30.7. The van der Waals surface area contributed by atoms with Crippen LogP contribution in [0.5, 0.6) is 0 Å². The Balaban J connectivity index is 0.982. The number of hydrogen-bond donors (Lipinski definition) is 0. The molecule has 0 saturated carbocycles. The monoisotopic (exact) mass is 806 g/mol. The fourth-order valence-electron chi connectivity index (χ4n) is 9.71. The molecule has 1 aliphatic rings. The highest BCUT2D eigenvalue weighted by Gasteiger charge is 2.46. The topological polar surface area (TPSA) is 25.8 Å². The maximum Gasteiger partial charge on any atom is 0.160 e. The van der Waals surface area contributed by atoms with Crippen molar-refractivity contribution < 1.29 is 0 Å². The average molecular weight is 807 g/mol. The predicted molar refractivity (Wildman–Crippen MR) is 259 cm³/mol. The zero-order valence-corrected chi connectivity index (χ0v) is 34.6. The number of fused-ring (bicyclic) bond motifs is 6. The zero-order valence-electron chi connectivity index (χ0n) is 33.7. The molecule has 62 heavy (non-hydrogen) atoms. The number of aromatic nitrogens is 2. The van der Waals surface area contributed by atoms with Gasteiger partial charge >= 0.3 is 0 Å². The summed E-state index contributed by atoms with van der Waals surface area (Å²) in [5.74, 6) is 0.700. The molecule has 9 aromatic carbocycles. The molecule has 0 fully saturated rings. The van der Waals surface area contributed by atoms with E-state index in [1.54, 1.807) is 0 Å². The molecule has 0 unspecified atom stereocenters. The molecule has 12 rings (SSSR count). The molecule has 0 atom stereocenters. The van der Waals surface area contributed by atoms with E-state index < -0.39 is 5.41 Å². The number of nitrogens with zero attached hydrogens (tertiary/aromatic N) is 2. The van der Waals surface area contributed by atoms with Gasteiger partial charge in [0.1, 0.15) is 0 Å². The number of benzene rings is 9. The second-order valence-electron chi connectivity index (χ2n) is 16.1. The van der Waals surface area contributed by atoms with Gasteiger partial charge in [-0.15, -0.1) is 11.3 Å².